The highest BCUT2D eigenvalue weighted by Crippen LogP contribution is 2.27. The Morgan fingerprint density at radius 2 is 2.20 bits per heavy atom. The van der Waals surface area contributed by atoms with Crippen molar-refractivity contribution >= 4 is 28.4 Å². The predicted molar refractivity (Wildman–Crippen MR) is 81.0 cm³/mol. The van der Waals surface area contributed by atoms with E-state index in [1.165, 1.54) is 37.0 Å². The first kappa shape index (κ1) is 12.9. The first-order valence-corrected chi connectivity index (χ1v) is 7.46. The third kappa shape index (κ3) is 2.90. The van der Waals surface area contributed by atoms with E-state index in [1.807, 2.05) is 5.38 Å². The molecule has 20 heavy (non-hydrogen) atoms. The zero-order valence-corrected chi connectivity index (χ0v) is 11.8. The van der Waals surface area contributed by atoms with Crippen LogP contribution < -0.4 is 16.8 Å². The van der Waals surface area contributed by atoms with Crippen LogP contribution in [0.25, 0.3) is 11.4 Å². The summed E-state index contributed by atoms with van der Waals surface area (Å²) in [5, 5.41) is 5.85. The van der Waals surface area contributed by atoms with Gasteiger partial charge in [-0.25, -0.2) is 9.97 Å². The van der Waals surface area contributed by atoms with Gasteiger partial charge in [0.05, 0.1) is 11.9 Å². The number of hydrogen-bond donors (Lipinski definition) is 4. The Hall–Kier alpha value is -2.09. The molecule has 8 heteroatoms. The van der Waals surface area contributed by atoms with E-state index in [1.54, 1.807) is 6.20 Å². The number of thiazole rings is 1. The van der Waals surface area contributed by atoms with E-state index in [-0.39, 0.29) is 5.96 Å². The van der Waals surface area contributed by atoms with E-state index in [2.05, 4.69) is 25.3 Å². The summed E-state index contributed by atoms with van der Waals surface area (Å²) in [6.45, 7) is 0. The minimum atomic E-state index is 0.0131. The number of hydrogen-bond acceptors (Lipinski definition) is 5. The molecule has 2 heterocycles. The molecule has 2 aromatic rings. The van der Waals surface area contributed by atoms with Gasteiger partial charge in [0.15, 0.2) is 5.96 Å². The highest BCUT2D eigenvalue weighted by Gasteiger charge is 2.16. The third-order valence-electron chi connectivity index (χ3n) is 3.26. The summed E-state index contributed by atoms with van der Waals surface area (Å²) in [5.74, 6) is 0.808. The fourth-order valence-electron chi connectivity index (χ4n) is 2.34. The summed E-state index contributed by atoms with van der Waals surface area (Å²) in [6.07, 6.45) is 6.77. The van der Waals surface area contributed by atoms with E-state index in [0.717, 1.165) is 17.3 Å². The summed E-state index contributed by atoms with van der Waals surface area (Å²) < 4.78 is 0. The number of rotatable bonds is 4. The molecule has 7 nitrogen and oxygen atoms in total. The maximum atomic E-state index is 5.33. The van der Waals surface area contributed by atoms with Gasteiger partial charge in [0.2, 0.25) is 11.1 Å². The van der Waals surface area contributed by atoms with E-state index in [9.17, 15) is 0 Å². The number of aliphatic imine (C=N–C) groups is 1. The molecule has 0 unspecified atom stereocenters. The van der Waals surface area contributed by atoms with Crippen molar-refractivity contribution in [3.05, 3.63) is 11.6 Å². The first-order chi connectivity index (χ1) is 9.70. The Labute approximate surface area is 120 Å². The number of aromatic nitrogens is 3. The Kier molecular flexibility index (Phi) is 3.55. The Morgan fingerprint density at radius 3 is 2.95 bits per heavy atom. The lowest BCUT2D eigenvalue weighted by Crippen LogP contribution is -2.21. The number of guanidine groups is 1. The minimum Gasteiger partial charge on any atom is -0.370 e. The van der Waals surface area contributed by atoms with Gasteiger partial charge in [-0.1, -0.05) is 12.8 Å². The summed E-state index contributed by atoms with van der Waals surface area (Å²) in [5.41, 5.74) is 12.3. The number of imidazole rings is 1. The van der Waals surface area contributed by atoms with Gasteiger partial charge >= 0.3 is 0 Å². The van der Waals surface area contributed by atoms with Gasteiger partial charge in [-0.3, -0.25) is 0 Å². The predicted octanol–water partition coefficient (Wildman–Crippen LogP) is 1.79. The molecule has 0 atom stereocenters. The molecule has 6 N–H and O–H groups in total. The molecular formula is C12H17N7S. The Balaban J connectivity index is 1.72. The normalized spacial score (nSPS) is 15.4. The van der Waals surface area contributed by atoms with Gasteiger partial charge in [-0.05, 0) is 12.8 Å². The molecule has 0 saturated heterocycles. The molecule has 0 bridgehead atoms. The highest BCUT2D eigenvalue weighted by atomic mass is 32.1. The van der Waals surface area contributed by atoms with Crippen molar-refractivity contribution in [2.24, 2.45) is 16.5 Å². The molecule has 1 fully saturated rings. The second kappa shape index (κ2) is 5.49. The van der Waals surface area contributed by atoms with Gasteiger partial charge in [-0.2, -0.15) is 4.99 Å². The van der Waals surface area contributed by atoms with Crippen LogP contribution in [0.4, 0.5) is 11.1 Å². The molecule has 0 spiro atoms. The van der Waals surface area contributed by atoms with E-state index < -0.39 is 0 Å². The smallest absolute Gasteiger partial charge is 0.212 e. The highest BCUT2D eigenvalue weighted by molar-refractivity contribution is 7.13. The second-order valence-electron chi connectivity index (χ2n) is 4.82. The topological polar surface area (TPSA) is 118 Å². The van der Waals surface area contributed by atoms with Gasteiger partial charge in [0.1, 0.15) is 5.69 Å². The average Bonchev–Trinajstić information content (AvgIpc) is 3.09. The fourth-order valence-corrected chi connectivity index (χ4v) is 3.04. The average molecular weight is 291 g/mol. The molecule has 0 aromatic carbocycles. The maximum absolute atomic E-state index is 5.33. The van der Waals surface area contributed by atoms with Crippen LogP contribution in [0.3, 0.4) is 0 Å². The van der Waals surface area contributed by atoms with Gasteiger partial charge in [0.25, 0.3) is 0 Å². The molecule has 1 aliphatic carbocycles. The number of aromatic amines is 1. The molecular weight excluding hydrogens is 274 g/mol. The molecule has 0 radical (unpaired) electrons. The summed E-state index contributed by atoms with van der Waals surface area (Å²) in [6, 6.07) is 0.529. The van der Waals surface area contributed by atoms with Crippen molar-refractivity contribution in [1.82, 2.24) is 15.0 Å². The van der Waals surface area contributed by atoms with Crippen molar-refractivity contribution in [2.75, 3.05) is 5.32 Å². The zero-order valence-electron chi connectivity index (χ0n) is 11.0. The summed E-state index contributed by atoms with van der Waals surface area (Å²) >= 11 is 1.39. The largest absolute Gasteiger partial charge is 0.370 e. The molecule has 106 valence electrons. The summed E-state index contributed by atoms with van der Waals surface area (Å²) in [7, 11) is 0. The van der Waals surface area contributed by atoms with E-state index >= 15 is 0 Å². The Morgan fingerprint density at radius 1 is 1.40 bits per heavy atom. The molecule has 3 rings (SSSR count). The van der Waals surface area contributed by atoms with Crippen LogP contribution in [0.15, 0.2) is 16.6 Å². The number of anilines is 1. The second-order valence-corrected chi connectivity index (χ2v) is 5.66. The van der Waals surface area contributed by atoms with Crippen molar-refractivity contribution in [3.63, 3.8) is 0 Å². The van der Waals surface area contributed by atoms with Crippen LogP contribution in [0, 0.1) is 0 Å². The fraction of sp³-hybridized carbons (Fsp3) is 0.417. The van der Waals surface area contributed by atoms with Crippen LogP contribution in [0.5, 0.6) is 0 Å². The minimum absolute atomic E-state index is 0.0131. The first-order valence-electron chi connectivity index (χ1n) is 6.58. The molecule has 1 saturated carbocycles. The van der Waals surface area contributed by atoms with Crippen molar-refractivity contribution in [2.45, 2.75) is 31.7 Å². The van der Waals surface area contributed by atoms with E-state index in [4.69, 9.17) is 11.5 Å². The van der Waals surface area contributed by atoms with Crippen molar-refractivity contribution < 1.29 is 0 Å². The molecule has 0 aliphatic heterocycles. The number of nitrogens with one attached hydrogen (secondary N) is 2. The SMILES string of the molecule is NC(N)=Nc1nc(-c2cnc(NC3CCCC3)[nH]2)cs1. The van der Waals surface area contributed by atoms with Gasteiger partial charge in [0, 0.05) is 11.4 Å². The van der Waals surface area contributed by atoms with Crippen LogP contribution in [-0.2, 0) is 0 Å². The monoisotopic (exact) mass is 291 g/mol. The third-order valence-corrected chi connectivity index (χ3v) is 4.00. The lowest BCUT2D eigenvalue weighted by molar-refractivity contribution is 0.747. The zero-order chi connectivity index (χ0) is 13.9. The lowest BCUT2D eigenvalue weighted by Gasteiger charge is -2.09. The van der Waals surface area contributed by atoms with E-state index in [0.29, 0.717) is 11.2 Å². The summed E-state index contributed by atoms with van der Waals surface area (Å²) in [4.78, 5) is 15.8. The molecule has 2 aromatic heterocycles. The van der Waals surface area contributed by atoms with Crippen LogP contribution in [0.2, 0.25) is 0 Å². The lowest BCUT2D eigenvalue weighted by atomic mass is 10.3. The number of H-pyrrole nitrogens is 1. The quantitative estimate of drug-likeness (QED) is 0.506. The molecule has 0 amide bonds. The number of nitrogens with zero attached hydrogens (tertiary/aromatic N) is 3. The number of nitrogens with two attached hydrogens (primary N) is 2. The van der Waals surface area contributed by atoms with Crippen molar-refractivity contribution in [1.29, 1.82) is 0 Å². The molecule has 1 aliphatic rings. The van der Waals surface area contributed by atoms with Crippen LogP contribution in [0.1, 0.15) is 25.7 Å². The van der Waals surface area contributed by atoms with Gasteiger partial charge < -0.3 is 21.8 Å². The van der Waals surface area contributed by atoms with Crippen molar-refractivity contribution in [3.8, 4) is 11.4 Å². The van der Waals surface area contributed by atoms with Gasteiger partial charge in [-0.15, -0.1) is 11.3 Å². The van der Waals surface area contributed by atoms with Crippen LogP contribution in [-0.4, -0.2) is 27.0 Å². The maximum Gasteiger partial charge on any atom is 0.212 e. The van der Waals surface area contributed by atoms with Crippen LogP contribution >= 0.6 is 11.3 Å². The standard InChI is InChI=1S/C12H17N7S/c13-10(14)19-12-18-9(6-20-12)8-5-15-11(17-8)16-7-3-1-2-4-7/h5-7H,1-4H2,(H2,15,16,17)(H4,13,14,18,19). The Bertz CT molecular complexity index is 605.